The number of carbonyl (C=O) groups is 1. The van der Waals surface area contributed by atoms with Gasteiger partial charge >= 0.3 is 0 Å². The van der Waals surface area contributed by atoms with Gasteiger partial charge in [0.2, 0.25) is 0 Å². The van der Waals surface area contributed by atoms with Gasteiger partial charge in [-0.2, -0.15) is 0 Å². The van der Waals surface area contributed by atoms with E-state index in [1.54, 1.807) is 11.6 Å². The third-order valence-electron chi connectivity index (χ3n) is 6.53. The lowest BCUT2D eigenvalue weighted by Crippen LogP contribution is -2.37. The van der Waals surface area contributed by atoms with Gasteiger partial charge in [-0.15, -0.1) is 0 Å². The number of hydrazine groups is 1. The van der Waals surface area contributed by atoms with Crippen molar-refractivity contribution in [3.05, 3.63) is 63.2 Å². The molecular weight excluding hydrogens is 447 g/mol. The summed E-state index contributed by atoms with van der Waals surface area (Å²) < 4.78 is 17.1. The van der Waals surface area contributed by atoms with Crippen LogP contribution >= 0.6 is 0 Å². The number of allylic oxidation sites excluding steroid dienone is 1. The van der Waals surface area contributed by atoms with Crippen LogP contribution in [-0.2, 0) is 24.2 Å². The van der Waals surface area contributed by atoms with Gasteiger partial charge in [-0.3, -0.25) is 4.79 Å². The molecule has 0 saturated carbocycles. The van der Waals surface area contributed by atoms with Crippen molar-refractivity contribution >= 4 is 17.7 Å². The highest BCUT2D eigenvalue weighted by atomic mass is 19.1. The molecule has 1 atom stereocenters. The number of hydrogen-bond donors (Lipinski definition) is 2. The van der Waals surface area contributed by atoms with E-state index in [0.29, 0.717) is 36.5 Å². The normalized spacial score (nSPS) is 16.7. The molecule has 0 aliphatic carbocycles. The Morgan fingerprint density at radius 1 is 1.34 bits per heavy atom. The van der Waals surface area contributed by atoms with E-state index in [4.69, 9.17) is 16.6 Å². The standard InChI is InChI=1S/C26H37FN6O2/c1-4-7-18-9-10-24(35)33(16-18)17-23(31(3)29)25(28)22-14-20(27)26(21(5-2)30-22)32-12-6-8-19(15-32)11-13-34/h9-10,13-14,16,19H,4-8,11-12,15,17,28-29H2,1-3H3/b25-23-. The van der Waals surface area contributed by atoms with Crippen LogP contribution in [-0.4, -0.2) is 41.0 Å². The van der Waals surface area contributed by atoms with Crippen LogP contribution in [0, 0.1) is 11.7 Å². The SMILES string of the molecule is CCCc1ccc(=O)n(C/C(=C(/N)c2cc(F)c(N3CCCC(CC=O)C3)c(CC)n2)N(C)N)c1. The van der Waals surface area contributed by atoms with Crippen molar-refractivity contribution in [2.45, 2.75) is 58.9 Å². The molecular formula is C26H37FN6O2. The maximum Gasteiger partial charge on any atom is 0.250 e. The van der Waals surface area contributed by atoms with E-state index in [1.807, 2.05) is 24.1 Å². The molecule has 0 amide bonds. The molecule has 1 aliphatic heterocycles. The molecule has 1 unspecified atom stereocenters. The minimum atomic E-state index is -0.400. The molecule has 1 aliphatic rings. The molecule has 8 nitrogen and oxygen atoms in total. The van der Waals surface area contributed by atoms with E-state index in [1.165, 1.54) is 17.1 Å². The van der Waals surface area contributed by atoms with Crippen LogP contribution in [0.4, 0.5) is 10.1 Å². The summed E-state index contributed by atoms with van der Waals surface area (Å²) in [5, 5.41) is 1.35. The number of nitrogens with two attached hydrogens (primary N) is 2. The summed E-state index contributed by atoms with van der Waals surface area (Å²) in [4.78, 5) is 30.2. The third-order valence-corrected chi connectivity index (χ3v) is 6.53. The molecule has 0 aromatic carbocycles. The molecule has 0 bridgehead atoms. The quantitative estimate of drug-likeness (QED) is 0.303. The fraction of sp³-hybridized carbons (Fsp3) is 0.500. The van der Waals surface area contributed by atoms with Gasteiger partial charge in [-0.1, -0.05) is 26.3 Å². The molecule has 2 aromatic heterocycles. The third kappa shape index (κ3) is 6.28. The Morgan fingerprint density at radius 3 is 2.77 bits per heavy atom. The fourth-order valence-corrected chi connectivity index (χ4v) is 4.71. The highest BCUT2D eigenvalue weighted by Gasteiger charge is 2.25. The van der Waals surface area contributed by atoms with Gasteiger partial charge in [0.15, 0.2) is 5.82 Å². The molecule has 4 N–H and O–H groups in total. The Morgan fingerprint density at radius 2 is 2.11 bits per heavy atom. The predicted molar refractivity (Wildman–Crippen MR) is 137 cm³/mol. The summed E-state index contributed by atoms with van der Waals surface area (Å²) in [6, 6.07) is 4.70. The molecule has 3 heterocycles. The number of anilines is 1. The Labute approximate surface area is 206 Å². The second kappa shape index (κ2) is 12.0. The highest BCUT2D eigenvalue weighted by molar-refractivity contribution is 5.66. The first-order valence-electron chi connectivity index (χ1n) is 12.3. The molecule has 35 heavy (non-hydrogen) atoms. The van der Waals surface area contributed by atoms with Gasteiger partial charge in [0.1, 0.15) is 6.29 Å². The lowest BCUT2D eigenvalue weighted by molar-refractivity contribution is -0.108. The van der Waals surface area contributed by atoms with Crippen molar-refractivity contribution in [2.75, 3.05) is 25.0 Å². The molecule has 0 spiro atoms. The van der Waals surface area contributed by atoms with E-state index >= 15 is 4.39 Å². The maximum atomic E-state index is 15.5. The second-order valence-corrected chi connectivity index (χ2v) is 9.22. The number of nitrogens with zero attached hydrogens (tertiary/aromatic N) is 4. The van der Waals surface area contributed by atoms with E-state index in [-0.39, 0.29) is 29.4 Å². The average molecular weight is 485 g/mol. The summed E-state index contributed by atoms with van der Waals surface area (Å²) in [6.07, 6.45) is 7.42. The predicted octanol–water partition coefficient (Wildman–Crippen LogP) is 2.84. The smallest absolute Gasteiger partial charge is 0.250 e. The van der Waals surface area contributed by atoms with Gasteiger partial charge in [0.05, 0.1) is 35.0 Å². The number of aromatic nitrogens is 2. The Hall–Kier alpha value is -3.20. The number of likely N-dealkylation sites (N-methyl/N-ethyl adjacent to an activating group) is 1. The Kier molecular flexibility index (Phi) is 9.03. The van der Waals surface area contributed by atoms with Crippen molar-refractivity contribution in [1.82, 2.24) is 14.6 Å². The number of aldehydes is 1. The minimum Gasteiger partial charge on any atom is -0.395 e. The first-order chi connectivity index (χ1) is 16.8. The highest BCUT2D eigenvalue weighted by Crippen LogP contribution is 2.31. The summed E-state index contributed by atoms with van der Waals surface area (Å²) in [7, 11) is 1.63. The number of hydrogen-bond acceptors (Lipinski definition) is 7. The Bertz CT molecular complexity index is 1130. The molecule has 1 saturated heterocycles. The van der Waals surface area contributed by atoms with Crippen LogP contribution in [0.2, 0.25) is 0 Å². The van der Waals surface area contributed by atoms with Gasteiger partial charge in [0, 0.05) is 44.9 Å². The largest absolute Gasteiger partial charge is 0.395 e. The number of carbonyl (C=O) groups excluding carboxylic acids is 1. The fourth-order valence-electron chi connectivity index (χ4n) is 4.71. The number of halogens is 1. The van der Waals surface area contributed by atoms with Gasteiger partial charge in [0.25, 0.3) is 5.56 Å². The number of aryl methyl sites for hydroxylation is 2. The van der Waals surface area contributed by atoms with Crippen molar-refractivity contribution < 1.29 is 9.18 Å². The van der Waals surface area contributed by atoms with Crippen molar-refractivity contribution in [2.24, 2.45) is 17.5 Å². The van der Waals surface area contributed by atoms with Gasteiger partial charge in [-0.05, 0) is 37.2 Å². The van der Waals surface area contributed by atoms with E-state index in [0.717, 1.165) is 44.1 Å². The summed E-state index contributed by atoms with van der Waals surface area (Å²) >= 11 is 0. The maximum absolute atomic E-state index is 15.5. The average Bonchev–Trinajstić information content (AvgIpc) is 2.83. The van der Waals surface area contributed by atoms with Crippen LogP contribution in [0.25, 0.3) is 5.70 Å². The topological polar surface area (TPSA) is 110 Å². The van der Waals surface area contributed by atoms with Gasteiger partial charge in [-0.25, -0.2) is 15.2 Å². The monoisotopic (exact) mass is 484 g/mol. The second-order valence-electron chi connectivity index (χ2n) is 9.22. The van der Waals surface area contributed by atoms with Crippen molar-refractivity contribution in [1.29, 1.82) is 0 Å². The van der Waals surface area contributed by atoms with E-state index < -0.39 is 5.82 Å². The molecule has 1 fully saturated rings. The number of pyridine rings is 2. The zero-order valence-corrected chi connectivity index (χ0v) is 21.0. The van der Waals surface area contributed by atoms with Crippen molar-refractivity contribution in [3.8, 4) is 0 Å². The van der Waals surface area contributed by atoms with Crippen molar-refractivity contribution in [3.63, 3.8) is 0 Å². The van der Waals surface area contributed by atoms with Gasteiger partial charge < -0.3 is 25.0 Å². The Balaban J connectivity index is 2.00. The van der Waals surface area contributed by atoms with Crippen LogP contribution in [0.5, 0.6) is 0 Å². The lowest BCUT2D eigenvalue weighted by Gasteiger charge is -2.35. The molecule has 3 rings (SSSR count). The number of piperidine rings is 1. The van der Waals surface area contributed by atoms with Crippen LogP contribution in [0.15, 0.2) is 34.9 Å². The molecule has 2 aromatic rings. The molecule has 0 radical (unpaired) electrons. The zero-order valence-electron chi connectivity index (χ0n) is 21.0. The molecule has 190 valence electrons. The minimum absolute atomic E-state index is 0.140. The summed E-state index contributed by atoms with van der Waals surface area (Å²) in [6.45, 7) is 5.49. The van der Waals surface area contributed by atoms with Crippen LogP contribution in [0.3, 0.4) is 0 Å². The van der Waals surface area contributed by atoms with Crippen LogP contribution < -0.4 is 22.0 Å². The first-order valence-corrected chi connectivity index (χ1v) is 12.3. The van der Waals surface area contributed by atoms with E-state index in [2.05, 4.69) is 6.92 Å². The zero-order chi connectivity index (χ0) is 25.5. The lowest BCUT2D eigenvalue weighted by atomic mass is 9.94. The summed E-state index contributed by atoms with van der Waals surface area (Å²) in [5.41, 5.74) is 9.41. The van der Waals surface area contributed by atoms with Crippen LogP contribution in [0.1, 0.15) is 56.5 Å². The van der Waals surface area contributed by atoms with E-state index in [9.17, 15) is 9.59 Å². The summed E-state index contributed by atoms with van der Waals surface area (Å²) in [5.74, 6) is 5.91. The molecule has 9 heteroatoms. The first kappa shape index (κ1) is 26.4. The number of rotatable bonds is 10.